The number of nitrogens with zero attached hydrogens (tertiary/aromatic N) is 2. The lowest BCUT2D eigenvalue weighted by atomic mass is 10.0. The molecule has 1 unspecified atom stereocenters. The lowest BCUT2D eigenvalue weighted by Crippen LogP contribution is -2.52. The molecule has 1 aliphatic heterocycles. The number of carbonyl (C=O) groups excluding carboxylic acids is 3. The highest BCUT2D eigenvalue weighted by Crippen LogP contribution is 2.30. The molecular weight excluding hydrogens is 550 g/mol. The van der Waals surface area contributed by atoms with Crippen molar-refractivity contribution >= 4 is 27.7 Å². The van der Waals surface area contributed by atoms with Crippen molar-refractivity contribution in [1.82, 2.24) is 14.5 Å². The van der Waals surface area contributed by atoms with Gasteiger partial charge in [-0.2, -0.15) is 0 Å². The summed E-state index contributed by atoms with van der Waals surface area (Å²) in [5.41, 5.74) is 3.08. The Hall–Kier alpha value is -3.98. The first kappa shape index (κ1) is 29.5. The molecule has 0 bridgehead atoms. The zero-order chi connectivity index (χ0) is 29.7. The molecular formula is C33H37N3O5S. The van der Waals surface area contributed by atoms with E-state index in [0.29, 0.717) is 6.42 Å². The summed E-state index contributed by atoms with van der Waals surface area (Å²) in [6.07, 6.45) is 4.48. The summed E-state index contributed by atoms with van der Waals surface area (Å²) < 4.78 is 26.8. The Bertz CT molecular complexity index is 1530. The zero-order valence-electron chi connectivity index (χ0n) is 23.9. The van der Waals surface area contributed by atoms with Gasteiger partial charge in [-0.15, -0.1) is 0 Å². The van der Waals surface area contributed by atoms with Crippen molar-refractivity contribution in [3.8, 4) is 0 Å². The number of carbonyl (C=O) groups is 3. The predicted octanol–water partition coefficient (Wildman–Crippen LogP) is 4.62. The summed E-state index contributed by atoms with van der Waals surface area (Å²) in [5, 5.41) is 3.19. The molecule has 1 N–H and O–H groups in total. The second-order valence-corrected chi connectivity index (χ2v) is 13.0. The van der Waals surface area contributed by atoms with Gasteiger partial charge in [0, 0.05) is 32.0 Å². The number of aryl methyl sites for hydroxylation is 1. The highest BCUT2D eigenvalue weighted by atomic mass is 32.2. The number of amides is 3. The van der Waals surface area contributed by atoms with E-state index in [0.717, 1.165) is 46.7 Å². The van der Waals surface area contributed by atoms with Crippen LogP contribution in [0.3, 0.4) is 0 Å². The largest absolute Gasteiger partial charge is 0.352 e. The maximum absolute atomic E-state index is 13.9. The first-order valence-electron chi connectivity index (χ1n) is 14.6. The third kappa shape index (κ3) is 6.57. The van der Waals surface area contributed by atoms with Crippen LogP contribution in [0.2, 0.25) is 0 Å². The minimum Gasteiger partial charge on any atom is -0.352 e. The third-order valence-corrected chi connectivity index (χ3v) is 9.95. The normalized spacial score (nSPS) is 16.7. The first-order chi connectivity index (χ1) is 20.2. The van der Waals surface area contributed by atoms with Crippen molar-refractivity contribution in [3.05, 3.63) is 101 Å². The lowest BCUT2D eigenvalue weighted by Gasteiger charge is -2.32. The summed E-state index contributed by atoms with van der Waals surface area (Å²) >= 11 is 0. The number of benzene rings is 3. The minimum absolute atomic E-state index is 0.00571. The summed E-state index contributed by atoms with van der Waals surface area (Å²) in [4.78, 5) is 42.2. The maximum atomic E-state index is 13.9. The standard InChI is InChI=1S/C33H37N3O5S/c1-24-17-19-26(20-18-24)23-35(29(22-25-10-3-2-4-11-25)32(38)34-27-12-5-6-13-27)31(37)16-9-21-36-33(39)28-14-7-8-15-30(28)42(36,40)41/h2-4,7-8,10-11,14-15,17-20,27,29H,5-6,9,12-13,16,21-23H2,1H3,(H,34,38). The van der Waals surface area contributed by atoms with Gasteiger partial charge in [0.25, 0.3) is 15.9 Å². The van der Waals surface area contributed by atoms with Crippen molar-refractivity contribution in [2.24, 2.45) is 0 Å². The fourth-order valence-corrected chi connectivity index (χ4v) is 7.39. The van der Waals surface area contributed by atoms with Gasteiger partial charge >= 0.3 is 0 Å². The van der Waals surface area contributed by atoms with E-state index in [9.17, 15) is 22.8 Å². The van der Waals surface area contributed by atoms with Crippen LogP contribution in [-0.2, 0) is 32.6 Å². The highest BCUT2D eigenvalue weighted by Gasteiger charge is 2.40. The summed E-state index contributed by atoms with van der Waals surface area (Å²) in [5.74, 6) is -1.02. The summed E-state index contributed by atoms with van der Waals surface area (Å²) in [6, 6.07) is 23.0. The van der Waals surface area contributed by atoms with E-state index in [-0.39, 0.29) is 54.2 Å². The van der Waals surface area contributed by atoms with Crippen molar-refractivity contribution < 1.29 is 22.8 Å². The van der Waals surface area contributed by atoms with Crippen molar-refractivity contribution in [2.45, 2.75) is 75.4 Å². The van der Waals surface area contributed by atoms with Gasteiger partial charge in [-0.05, 0) is 49.4 Å². The number of fused-ring (bicyclic) bond motifs is 1. The van der Waals surface area contributed by atoms with E-state index in [1.54, 1.807) is 17.0 Å². The lowest BCUT2D eigenvalue weighted by molar-refractivity contribution is -0.141. The van der Waals surface area contributed by atoms with Crippen LogP contribution < -0.4 is 5.32 Å². The average molecular weight is 588 g/mol. The molecule has 1 heterocycles. The average Bonchev–Trinajstić information content (AvgIpc) is 3.57. The molecule has 3 amide bonds. The number of hydrogen-bond donors (Lipinski definition) is 1. The molecule has 5 rings (SSSR count). The zero-order valence-corrected chi connectivity index (χ0v) is 24.7. The topological polar surface area (TPSA) is 104 Å². The fraction of sp³-hybridized carbons (Fsp3) is 0.364. The maximum Gasteiger partial charge on any atom is 0.269 e. The van der Waals surface area contributed by atoms with Crippen LogP contribution in [0.1, 0.15) is 65.6 Å². The van der Waals surface area contributed by atoms with E-state index >= 15 is 0 Å². The molecule has 1 aliphatic carbocycles. The Morgan fingerprint density at radius 2 is 1.60 bits per heavy atom. The summed E-state index contributed by atoms with van der Waals surface area (Å²) in [7, 11) is -3.96. The minimum atomic E-state index is -3.96. The van der Waals surface area contributed by atoms with E-state index < -0.39 is 22.0 Å². The van der Waals surface area contributed by atoms with Gasteiger partial charge in [0.15, 0.2) is 0 Å². The SMILES string of the molecule is Cc1ccc(CN(C(=O)CCCN2C(=O)c3ccccc3S2(=O)=O)C(Cc2ccccc2)C(=O)NC2CCCC2)cc1. The molecule has 1 saturated carbocycles. The van der Waals surface area contributed by atoms with Gasteiger partial charge < -0.3 is 10.2 Å². The van der Waals surface area contributed by atoms with Gasteiger partial charge in [-0.1, -0.05) is 85.1 Å². The van der Waals surface area contributed by atoms with Gasteiger partial charge in [0.05, 0.1) is 5.56 Å². The molecule has 220 valence electrons. The van der Waals surface area contributed by atoms with Crippen LogP contribution in [0.4, 0.5) is 0 Å². The molecule has 2 aliphatic rings. The van der Waals surface area contributed by atoms with Crippen molar-refractivity contribution in [1.29, 1.82) is 0 Å². The molecule has 3 aromatic carbocycles. The Balaban J connectivity index is 1.37. The third-order valence-electron chi connectivity index (χ3n) is 8.11. The molecule has 3 aromatic rings. The second-order valence-electron chi connectivity index (χ2n) is 11.2. The van der Waals surface area contributed by atoms with Crippen molar-refractivity contribution in [3.63, 3.8) is 0 Å². The number of hydrogen-bond acceptors (Lipinski definition) is 5. The highest BCUT2D eigenvalue weighted by molar-refractivity contribution is 7.90. The number of sulfonamides is 1. The predicted molar refractivity (Wildman–Crippen MR) is 160 cm³/mol. The first-order valence-corrected chi connectivity index (χ1v) is 16.0. The van der Waals surface area contributed by atoms with E-state index in [4.69, 9.17) is 0 Å². The Labute approximate surface area is 247 Å². The van der Waals surface area contributed by atoms with Crippen LogP contribution in [0.15, 0.2) is 83.8 Å². The van der Waals surface area contributed by atoms with Gasteiger partial charge in [-0.3, -0.25) is 14.4 Å². The molecule has 8 nitrogen and oxygen atoms in total. The Morgan fingerprint density at radius 3 is 2.29 bits per heavy atom. The van der Waals surface area contributed by atoms with Crippen molar-refractivity contribution in [2.75, 3.05) is 6.54 Å². The quantitative estimate of drug-likeness (QED) is 0.353. The number of nitrogens with one attached hydrogen (secondary N) is 1. The van der Waals surface area contributed by atoms with E-state index in [2.05, 4.69) is 5.32 Å². The molecule has 0 saturated heterocycles. The molecule has 1 fully saturated rings. The second kappa shape index (κ2) is 12.9. The van der Waals surface area contributed by atoms with E-state index in [1.165, 1.54) is 12.1 Å². The molecule has 1 atom stereocenters. The number of rotatable bonds is 11. The summed E-state index contributed by atoms with van der Waals surface area (Å²) in [6.45, 7) is 2.12. The van der Waals surface area contributed by atoms with E-state index in [1.807, 2.05) is 61.5 Å². The molecule has 42 heavy (non-hydrogen) atoms. The Kier molecular flexibility index (Phi) is 9.06. The van der Waals surface area contributed by atoms with Gasteiger partial charge in [0.1, 0.15) is 10.9 Å². The monoisotopic (exact) mass is 587 g/mol. The smallest absolute Gasteiger partial charge is 0.269 e. The van der Waals surface area contributed by atoms with Crippen LogP contribution >= 0.6 is 0 Å². The molecule has 0 radical (unpaired) electrons. The molecule has 0 spiro atoms. The van der Waals surface area contributed by atoms with Crippen LogP contribution in [0.25, 0.3) is 0 Å². The van der Waals surface area contributed by atoms with Crippen LogP contribution in [0, 0.1) is 6.92 Å². The molecule has 9 heteroatoms. The van der Waals surface area contributed by atoms with Crippen LogP contribution in [-0.4, -0.2) is 54.0 Å². The molecule has 0 aromatic heterocycles. The van der Waals surface area contributed by atoms with Gasteiger partial charge in [-0.25, -0.2) is 12.7 Å². The van der Waals surface area contributed by atoms with Gasteiger partial charge in [0.2, 0.25) is 11.8 Å². The Morgan fingerprint density at radius 1 is 0.929 bits per heavy atom. The fourth-order valence-electron chi connectivity index (χ4n) is 5.78. The van der Waals surface area contributed by atoms with Crippen LogP contribution in [0.5, 0.6) is 0 Å².